The molecule has 1 N–H and O–H groups in total. The zero-order chi connectivity index (χ0) is 24.5. The molecule has 0 aliphatic carbocycles. The number of rotatable bonds is 11. The van der Waals surface area contributed by atoms with E-state index in [2.05, 4.69) is 15.5 Å². The van der Waals surface area contributed by atoms with Gasteiger partial charge in [-0.15, -0.1) is 0 Å². The number of azo groups is 1. The Bertz CT molecular complexity index is 1050. The second kappa shape index (κ2) is 12.3. The molecule has 0 heterocycles. The first kappa shape index (κ1) is 26.2. The van der Waals surface area contributed by atoms with Gasteiger partial charge in [-0.3, -0.25) is 9.59 Å². The van der Waals surface area contributed by atoms with Gasteiger partial charge in [0.25, 0.3) is 5.91 Å². The summed E-state index contributed by atoms with van der Waals surface area (Å²) in [5.41, 5.74) is 0.536. The van der Waals surface area contributed by atoms with Crippen molar-refractivity contribution in [3.63, 3.8) is 0 Å². The number of benzene rings is 2. The number of Topliss-reactive ketones (excluding diaryl/α,β-unsaturated/α-hetero) is 1. The number of anilines is 1. The number of hydrogen-bond donors (Lipinski definition) is 1. The highest BCUT2D eigenvalue weighted by atomic mass is 35.5. The Morgan fingerprint density at radius 2 is 1.70 bits per heavy atom. The second-order valence-corrected chi connectivity index (χ2v) is 7.29. The van der Waals surface area contributed by atoms with Crippen molar-refractivity contribution < 1.29 is 28.5 Å². The van der Waals surface area contributed by atoms with E-state index in [9.17, 15) is 9.59 Å². The van der Waals surface area contributed by atoms with E-state index in [1.54, 1.807) is 25.1 Å². The number of ketones is 1. The third-order valence-electron chi connectivity index (χ3n) is 4.24. The van der Waals surface area contributed by atoms with E-state index in [-0.39, 0.29) is 21.5 Å². The Labute approximate surface area is 202 Å². The first-order valence-corrected chi connectivity index (χ1v) is 10.7. The first-order valence-electron chi connectivity index (χ1n) is 9.99. The minimum atomic E-state index is -1.42. The minimum Gasteiger partial charge on any atom is -0.495 e. The lowest BCUT2D eigenvalue weighted by molar-refractivity contribution is -0.126. The van der Waals surface area contributed by atoms with Gasteiger partial charge in [0.2, 0.25) is 6.04 Å². The molecule has 0 spiro atoms. The Morgan fingerprint density at radius 3 is 2.27 bits per heavy atom. The number of carbonyl (C=O) groups is 2. The molecular formula is C22H25Cl2N3O6. The molecule has 0 aromatic heterocycles. The van der Waals surface area contributed by atoms with Gasteiger partial charge in [0.05, 0.1) is 32.5 Å². The highest BCUT2D eigenvalue weighted by Crippen LogP contribution is 2.42. The van der Waals surface area contributed by atoms with Gasteiger partial charge in [-0.25, -0.2) is 0 Å². The number of nitrogens with zero attached hydrogens (tertiary/aromatic N) is 2. The minimum absolute atomic E-state index is 0.188. The van der Waals surface area contributed by atoms with Crippen LogP contribution in [0.4, 0.5) is 11.4 Å². The molecule has 0 bridgehead atoms. The molecule has 1 amide bonds. The SMILES string of the molecule is CCOc1cc(NC(=O)C(N=Nc2ccc(OC)c(Cl)c2OC)C(C)=O)cc(Cl)c1OCC. The van der Waals surface area contributed by atoms with Gasteiger partial charge in [-0.05, 0) is 39.0 Å². The Kier molecular flexibility index (Phi) is 9.74. The van der Waals surface area contributed by atoms with Crippen LogP contribution in [0.15, 0.2) is 34.5 Å². The molecule has 2 aromatic rings. The van der Waals surface area contributed by atoms with E-state index < -0.39 is 17.7 Å². The molecule has 2 rings (SSSR count). The number of nitrogens with one attached hydrogen (secondary N) is 1. The largest absolute Gasteiger partial charge is 0.495 e. The smallest absolute Gasteiger partial charge is 0.258 e. The van der Waals surface area contributed by atoms with Crippen molar-refractivity contribution in [2.24, 2.45) is 10.2 Å². The van der Waals surface area contributed by atoms with Crippen LogP contribution in [0, 0.1) is 0 Å². The maximum Gasteiger partial charge on any atom is 0.258 e. The van der Waals surface area contributed by atoms with Crippen molar-refractivity contribution in [2.75, 3.05) is 32.8 Å². The monoisotopic (exact) mass is 497 g/mol. The van der Waals surface area contributed by atoms with Crippen molar-refractivity contribution >= 4 is 46.3 Å². The number of hydrogen-bond acceptors (Lipinski definition) is 8. The molecule has 0 saturated heterocycles. The lowest BCUT2D eigenvalue weighted by Gasteiger charge is -2.15. The summed E-state index contributed by atoms with van der Waals surface area (Å²) in [6.07, 6.45) is 0. The molecule has 9 nitrogen and oxygen atoms in total. The standard InChI is InChI=1S/C22H25Cl2N3O6/c1-6-32-17-11-13(10-14(23)20(17)33-7-2)25-22(29)19(12(3)28)27-26-15-8-9-16(30-4)18(24)21(15)31-5/h8-11,19H,6-7H2,1-5H3,(H,25,29). The summed E-state index contributed by atoms with van der Waals surface area (Å²) >= 11 is 12.5. The highest BCUT2D eigenvalue weighted by Gasteiger charge is 2.25. The highest BCUT2D eigenvalue weighted by molar-refractivity contribution is 6.34. The normalized spacial score (nSPS) is 11.7. The van der Waals surface area contributed by atoms with Crippen molar-refractivity contribution in [2.45, 2.75) is 26.8 Å². The topological polar surface area (TPSA) is 108 Å². The lowest BCUT2D eigenvalue weighted by atomic mass is 10.2. The second-order valence-electron chi connectivity index (χ2n) is 6.50. The summed E-state index contributed by atoms with van der Waals surface area (Å²) in [6.45, 7) is 5.61. The van der Waals surface area contributed by atoms with Gasteiger partial charge in [-0.2, -0.15) is 10.2 Å². The molecule has 1 atom stereocenters. The molecule has 2 aromatic carbocycles. The van der Waals surface area contributed by atoms with Crippen LogP contribution in [0.5, 0.6) is 23.0 Å². The molecule has 1 unspecified atom stereocenters. The van der Waals surface area contributed by atoms with Gasteiger partial charge in [0.1, 0.15) is 16.5 Å². The van der Waals surface area contributed by atoms with Crippen LogP contribution in [-0.4, -0.2) is 45.2 Å². The summed E-state index contributed by atoms with van der Waals surface area (Å²) in [5.74, 6) is 0.0865. The third kappa shape index (κ3) is 6.49. The predicted octanol–water partition coefficient (Wildman–Crippen LogP) is 5.49. The van der Waals surface area contributed by atoms with Gasteiger partial charge >= 0.3 is 0 Å². The van der Waals surface area contributed by atoms with Gasteiger partial charge in [0, 0.05) is 11.8 Å². The molecular weight excluding hydrogens is 473 g/mol. The fraction of sp³-hybridized carbons (Fsp3) is 0.364. The molecule has 0 radical (unpaired) electrons. The van der Waals surface area contributed by atoms with Crippen LogP contribution >= 0.6 is 23.2 Å². The van der Waals surface area contributed by atoms with E-state index in [1.165, 1.54) is 27.2 Å². The number of amides is 1. The number of methoxy groups -OCH3 is 2. The van der Waals surface area contributed by atoms with Crippen molar-refractivity contribution in [1.29, 1.82) is 0 Å². The molecule has 0 saturated carbocycles. The summed E-state index contributed by atoms with van der Waals surface area (Å²) in [4.78, 5) is 24.9. The third-order valence-corrected chi connectivity index (χ3v) is 4.88. The zero-order valence-corrected chi connectivity index (χ0v) is 20.4. The summed E-state index contributed by atoms with van der Waals surface area (Å²) < 4.78 is 21.5. The Hall–Kier alpha value is -3.04. The van der Waals surface area contributed by atoms with Crippen LogP contribution in [-0.2, 0) is 9.59 Å². The molecule has 0 aliphatic rings. The van der Waals surface area contributed by atoms with Gasteiger partial charge in [-0.1, -0.05) is 23.2 Å². The van der Waals surface area contributed by atoms with Crippen molar-refractivity contribution in [3.8, 4) is 23.0 Å². The fourth-order valence-corrected chi connectivity index (χ4v) is 3.37. The number of halogens is 2. The summed E-state index contributed by atoms with van der Waals surface area (Å²) in [6, 6.07) is 4.74. The molecule has 11 heteroatoms. The molecule has 33 heavy (non-hydrogen) atoms. The summed E-state index contributed by atoms with van der Waals surface area (Å²) in [5, 5.41) is 11.0. The van der Waals surface area contributed by atoms with Crippen LogP contribution in [0.25, 0.3) is 0 Å². The molecule has 178 valence electrons. The maximum absolute atomic E-state index is 12.8. The average molecular weight is 498 g/mol. The Morgan fingerprint density at radius 1 is 1.00 bits per heavy atom. The molecule has 0 aliphatic heterocycles. The quantitative estimate of drug-likeness (QED) is 0.324. The van der Waals surface area contributed by atoms with Crippen molar-refractivity contribution in [3.05, 3.63) is 34.3 Å². The van der Waals surface area contributed by atoms with Crippen molar-refractivity contribution in [1.82, 2.24) is 0 Å². The van der Waals surface area contributed by atoms with E-state index in [4.69, 9.17) is 42.1 Å². The van der Waals surface area contributed by atoms with Gasteiger partial charge in [0.15, 0.2) is 23.0 Å². The van der Waals surface area contributed by atoms with Crippen LogP contribution in [0.1, 0.15) is 20.8 Å². The number of carbonyl (C=O) groups excluding carboxylic acids is 2. The van der Waals surface area contributed by atoms with E-state index in [0.29, 0.717) is 36.1 Å². The van der Waals surface area contributed by atoms with E-state index in [1.807, 2.05) is 6.92 Å². The fourth-order valence-electron chi connectivity index (χ4n) is 2.79. The molecule has 0 fully saturated rings. The average Bonchev–Trinajstić information content (AvgIpc) is 2.76. The Balaban J connectivity index is 2.32. The van der Waals surface area contributed by atoms with Crippen LogP contribution in [0.3, 0.4) is 0 Å². The van der Waals surface area contributed by atoms with Gasteiger partial charge < -0.3 is 24.3 Å². The number of ether oxygens (including phenoxy) is 4. The lowest BCUT2D eigenvalue weighted by Crippen LogP contribution is -2.31. The zero-order valence-electron chi connectivity index (χ0n) is 18.9. The summed E-state index contributed by atoms with van der Waals surface area (Å²) in [7, 11) is 2.86. The van der Waals surface area contributed by atoms with E-state index >= 15 is 0 Å². The first-order chi connectivity index (χ1) is 15.8. The maximum atomic E-state index is 12.8. The predicted molar refractivity (Wildman–Crippen MR) is 126 cm³/mol. The van der Waals surface area contributed by atoms with E-state index in [0.717, 1.165) is 0 Å². The van der Waals surface area contributed by atoms with Crippen LogP contribution in [0.2, 0.25) is 10.0 Å². The van der Waals surface area contributed by atoms with Crippen LogP contribution < -0.4 is 24.3 Å².